The van der Waals surface area contributed by atoms with Crippen molar-refractivity contribution in [1.29, 1.82) is 0 Å². The number of nitrogens with one attached hydrogen (secondary N) is 1. The molecular weight excluding hydrogens is 226 g/mol. The number of H-pyrrole nitrogens is 1. The minimum atomic E-state index is -0.0697. The summed E-state index contributed by atoms with van der Waals surface area (Å²) >= 11 is 0. The lowest BCUT2D eigenvalue weighted by atomic mass is 9.91. The van der Waals surface area contributed by atoms with E-state index >= 15 is 0 Å². The van der Waals surface area contributed by atoms with Crippen LogP contribution in [0, 0.1) is 6.92 Å². The predicted molar refractivity (Wildman–Crippen MR) is 74.6 cm³/mol. The lowest BCUT2D eigenvalue weighted by Gasteiger charge is -2.19. The highest BCUT2D eigenvalue weighted by Crippen LogP contribution is 2.25. The molecule has 0 bridgehead atoms. The van der Waals surface area contributed by atoms with Crippen molar-refractivity contribution in [3.05, 3.63) is 39.7 Å². The van der Waals surface area contributed by atoms with Gasteiger partial charge < -0.3 is 9.72 Å². The van der Waals surface area contributed by atoms with Crippen molar-refractivity contribution in [2.24, 2.45) is 0 Å². The van der Waals surface area contributed by atoms with Crippen molar-refractivity contribution in [3.8, 4) is 5.75 Å². The molecule has 0 atom stereocenters. The van der Waals surface area contributed by atoms with Gasteiger partial charge in [0.1, 0.15) is 5.75 Å². The fraction of sp³-hybridized carbons (Fsp3) is 0.400. The molecule has 0 saturated heterocycles. The van der Waals surface area contributed by atoms with E-state index in [1.54, 1.807) is 19.2 Å². The maximum absolute atomic E-state index is 12.2. The number of hydrogen-bond donors (Lipinski definition) is 1. The summed E-state index contributed by atoms with van der Waals surface area (Å²) in [6, 6.07) is 5.40. The molecule has 0 saturated carbocycles. The zero-order valence-corrected chi connectivity index (χ0v) is 11.5. The fourth-order valence-electron chi connectivity index (χ4n) is 2.02. The van der Waals surface area contributed by atoms with E-state index in [4.69, 9.17) is 4.74 Å². The van der Waals surface area contributed by atoms with Crippen LogP contribution in [0.4, 0.5) is 0 Å². The molecule has 0 unspecified atom stereocenters. The Balaban J connectivity index is 2.83. The van der Waals surface area contributed by atoms with Crippen LogP contribution in [0.15, 0.2) is 23.0 Å². The third kappa shape index (κ3) is 2.13. The van der Waals surface area contributed by atoms with E-state index in [1.807, 2.05) is 13.0 Å². The Hall–Kier alpha value is -1.77. The van der Waals surface area contributed by atoms with Gasteiger partial charge in [-0.3, -0.25) is 4.79 Å². The first kappa shape index (κ1) is 12.7. The van der Waals surface area contributed by atoms with Crippen molar-refractivity contribution < 1.29 is 4.74 Å². The van der Waals surface area contributed by atoms with Crippen molar-refractivity contribution in [2.75, 3.05) is 7.11 Å². The van der Waals surface area contributed by atoms with Gasteiger partial charge in [0.2, 0.25) is 0 Å². The molecule has 0 amide bonds. The van der Waals surface area contributed by atoms with Gasteiger partial charge in [-0.25, -0.2) is 0 Å². The quantitative estimate of drug-likeness (QED) is 0.838. The molecule has 2 aromatic rings. The van der Waals surface area contributed by atoms with Crippen LogP contribution in [0.2, 0.25) is 0 Å². The normalized spacial score (nSPS) is 11.8. The second-order valence-corrected chi connectivity index (χ2v) is 5.66. The largest absolute Gasteiger partial charge is 0.497 e. The molecule has 0 spiro atoms. The SMILES string of the molecule is COc1cc(C)c2[nH]c(C(C)(C)C)cc(=O)c2c1. The summed E-state index contributed by atoms with van der Waals surface area (Å²) in [5, 5.41) is 0.680. The Morgan fingerprint density at radius 3 is 2.39 bits per heavy atom. The van der Waals surface area contributed by atoms with E-state index in [0.717, 1.165) is 16.8 Å². The van der Waals surface area contributed by atoms with Crippen LogP contribution in [-0.4, -0.2) is 12.1 Å². The number of pyridine rings is 1. The molecule has 1 aromatic heterocycles. The van der Waals surface area contributed by atoms with E-state index in [2.05, 4.69) is 25.8 Å². The third-order valence-electron chi connectivity index (χ3n) is 3.15. The molecule has 1 heterocycles. The molecule has 3 heteroatoms. The summed E-state index contributed by atoms with van der Waals surface area (Å²) in [7, 11) is 1.61. The Kier molecular flexibility index (Phi) is 2.93. The molecule has 3 nitrogen and oxygen atoms in total. The Morgan fingerprint density at radius 1 is 1.17 bits per heavy atom. The topological polar surface area (TPSA) is 42.1 Å². The average Bonchev–Trinajstić information content (AvgIpc) is 2.28. The number of rotatable bonds is 1. The van der Waals surface area contributed by atoms with Gasteiger partial charge in [-0.05, 0) is 24.6 Å². The van der Waals surface area contributed by atoms with Crippen LogP contribution in [-0.2, 0) is 5.41 Å². The molecule has 18 heavy (non-hydrogen) atoms. The van der Waals surface area contributed by atoms with Crippen molar-refractivity contribution >= 4 is 10.9 Å². The minimum Gasteiger partial charge on any atom is -0.497 e. The molecule has 2 rings (SSSR count). The number of benzene rings is 1. The van der Waals surface area contributed by atoms with Crippen molar-refractivity contribution in [3.63, 3.8) is 0 Å². The highest BCUT2D eigenvalue weighted by Gasteiger charge is 2.17. The number of aryl methyl sites for hydroxylation is 1. The van der Waals surface area contributed by atoms with E-state index in [-0.39, 0.29) is 10.8 Å². The summed E-state index contributed by atoms with van der Waals surface area (Å²) in [4.78, 5) is 15.6. The van der Waals surface area contributed by atoms with Gasteiger partial charge in [0, 0.05) is 22.6 Å². The highest BCUT2D eigenvalue weighted by molar-refractivity contribution is 5.83. The molecular formula is C15H19NO2. The van der Waals surface area contributed by atoms with Crippen molar-refractivity contribution in [2.45, 2.75) is 33.1 Å². The van der Waals surface area contributed by atoms with E-state index in [0.29, 0.717) is 11.1 Å². The first-order valence-electron chi connectivity index (χ1n) is 6.05. The zero-order valence-electron chi connectivity index (χ0n) is 11.5. The number of aromatic nitrogens is 1. The van der Waals surface area contributed by atoms with Crippen LogP contribution in [0.1, 0.15) is 32.0 Å². The fourth-order valence-corrected chi connectivity index (χ4v) is 2.02. The van der Waals surface area contributed by atoms with Crippen LogP contribution >= 0.6 is 0 Å². The highest BCUT2D eigenvalue weighted by atomic mass is 16.5. The number of ether oxygens (including phenoxy) is 1. The zero-order chi connectivity index (χ0) is 13.5. The molecule has 0 radical (unpaired) electrons. The lowest BCUT2D eigenvalue weighted by Crippen LogP contribution is -2.17. The van der Waals surface area contributed by atoms with E-state index in [9.17, 15) is 4.79 Å². The van der Waals surface area contributed by atoms with Gasteiger partial charge in [0.15, 0.2) is 5.43 Å². The Morgan fingerprint density at radius 2 is 1.83 bits per heavy atom. The average molecular weight is 245 g/mol. The third-order valence-corrected chi connectivity index (χ3v) is 3.15. The van der Waals surface area contributed by atoms with Crippen LogP contribution < -0.4 is 10.2 Å². The van der Waals surface area contributed by atoms with E-state index in [1.165, 1.54) is 0 Å². The number of fused-ring (bicyclic) bond motifs is 1. The molecule has 0 aliphatic rings. The molecule has 0 aliphatic heterocycles. The maximum Gasteiger partial charge on any atom is 0.189 e. The van der Waals surface area contributed by atoms with Gasteiger partial charge in [0.25, 0.3) is 0 Å². The number of aromatic amines is 1. The summed E-state index contributed by atoms with van der Waals surface area (Å²) in [6.45, 7) is 8.24. The molecule has 1 N–H and O–H groups in total. The number of methoxy groups -OCH3 is 1. The van der Waals surface area contributed by atoms with Crippen LogP contribution in [0.25, 0.3) is 10.9 Å². The standard InChI is InChI=1S/C15H19NO2/c1-9-6-10(18-5)7-11-12(17)8-13(15(2,3)4)16-14(9)11/h6-8H,1-5H3,(H,16,17). The summed E-state index contributed by atoms with van der Waals surface area (Å²) in [6.07, 6.45) is 0. The van der Waals surface area contributed by atoms with Crippen LogP contribution in [0.3, 0.4) is 0 Å². The monoisotopic (exact) mass is 245 g/mol. The first-order valence-corrected chi connectivity index (χ1v) is 6.05. The van der Waals surface area contributed by atoms with Gasteiger partial charge in [-0.2, -0.15) is 0 Å². The second kappa shape index (κ2) is 4.16. The van der Waals surface area contributed by atoms with Gasteiger partial charge >= 0.3 is 0 Å². The molecule has 1 aromatic carbocycles. The summed E-state index contributed by atoms with van der Waals surface area (Å²) < 4.78 is 5.20. The Labute approximate surface area is 107 Å². The number of hydrogen-bond acceptors (Lipinski definition) is 2. The molecule has 96 valence electrons. The molecule has 0 fully saturated rings. The van der Waals surface area contributed by atoms with E-state index < -0.39 is 0 Å². The Bertz CT molecular complexity index is 648. The smallest absolute Gasteiger partial charge is 0.189 e. The minimum absolute atomic E-state index is 0.0377. The van der Waals surface area contributed by atoms with Gasteiger partial charge in [-0.15, -0.1) is 0 Å². The summed E-state index contributed by atoms with van der Waals surface area (Å²) in [5.41, 5.74) is 2.84. The van der Waals surface area contributed by atoms with Crippen molar-refractivity contribution in [1.82, 2.24) is 4.98 Å². The lowest BCUT2D eigenvalue weighted by molar-refractivity contribution is 0.415. The predicted octanol–water partition coefficient (Wildman–Crippen LogP) is 3.14. The molecule has 0 aliphatic carbocycles. The van der Waals surface area contributed by atoms with Gasteiger partial charge in [0.05, 0.1) is 12.6 Å². The summed E-state index contributed by atoms with van der Waals surface area (Å²) in [5.74, 6) is 0.717. The maximum atomic E-state index is 12.2. The van der Waals surface area contributed by atoms with Gasteiger partial charge in [-0.1, -0.05) is 20.8 Å². The first-order chi connectivity index (χ1) is 8.32. The second-order valence-electron chi connectivity index (χ2n) is 5.66. The van der Waals surface area contributed by atoms with Crippen LogP contribution in [0.5, 0.6) is 5.75 Å².